The zero-order valence-corrected chi connectivity index (χ0v) is 13.8. The zero-order valence-electron chi connectivity index (χ0n) is 13.1. The van der Waals surface area contributed by atoms with Crippen molar-refractivity contribution in [3.05, 3.63) is 28.8 Å². The lowest BCUT2D eigenvalue weighted by Gasteiger charge is -2.21. The van der Waals surface area contributed by atoms with Crippen LogP contribution in [0.5, 0.6) is 0 Å². The Bertz CT molecular complexity index is 396. The molecule has 114 valence electrons. The van der Waals surface area contributed by atoms with Crippen LogP contribution >= 0.6 is 11.6 Å². The lowest BCUT2D eigenvalue weighted by atomic mass is 10.1. The monoisotopic (exact) mass is 298 g/mol. The Morgan fingerprint density at radius 2 is 2.10 bits per heavy atom. The van der Waals surface area contributed by atoms with Crippen LogP contribution in [0, 0.1) is 5.92 Å². The molecule has 1 N–H and O–H groups in total. The second kappa shape index (κ2) is 9.22. The highest BCUT2D eigenvalue weighted by Crippen LogP contribution is 2.23. The maximum absolute atomic E-state index is 6.35. The van der Waals surface area contributed by atoms with Crippen LogP contribution in [0.1, 0.15) is 25.8 Å². The molecule has 0 fully saturated rings. The van der Waals surface area contributed by atoms with Gasteiger partial charge in [0.25, 0.3) is 0 Å². The number of nitrogens with zero attached hydrogens (tertiary/aromatic N) is 1. The van der Waals surface area contributed by atoms with Crippen LogP contribution in [-0.4, -0.2) is 33.9 Å². The fraction of sp³-hybridized carbons (Fsp3) is 0.625. The van der Waals surface area contributed by atoms with E-state index in [0.29, 0.717) is 6.61 Å². The van der Waals surface area contributed by atoms with Crippen molar-refractivity contribution in [3.63, 3.8) is 0 Å². The average Bonchev–Trinajstić information content (AvgIpc) is 2.42. The van der Waals surface area contributed by atoms with Gasteiger partial charge in [-0.05, 0) is 30.0 Å². The first-order valence-electron chi connectivity index (χ1n) is 7.23. The van der Waals surface area contributed by atoms with E-state index in [2.05, 4.69) is 49.3 Å². The second-order valence-electron chi connectivity index (χ2n) is 5.55. The number of methoxy groups -OCH3 is 1. The van der Waals surface area contributed by atoms with Gasteiger partial charge in [0.05, 0.1) is 6.61 Å². The number of benzene rings is 1. The topological polar surface area (TPSA) is 24.5 Å². The highest BCUT2D eigenvalue weighted by molar-refractivity contribution is 6.31. The van der Waals surface area contributed by atoms with E-state index in [9.17, 15) is 0 Å². The summed E-state index contributed by atoms with van der Waals surface area (Å²) in [6.07, 6.45) is 1.19. The molecule has 0 aliphatic rings. The van der Waals surface area contributed by atoms with E-state index in [4.69, 9.17) is 16.3 Å². The van der Waals surface area contributed by atoms with E-state index in [0.717, 1.165) is 36.1 Å². The summed E-state index contributed by atoms with van der Waals surface area (Å²) in [6.45, 7) is 7.87. The smallest absolute Gasteiger partial charge is 0.0587 e. The maximum atomic E-state index is 6.35. The van der Waals surface area contributed by atoms with E-state index >= 15 is 0 Å². The molecule has 0 unspecified atom stereocenters. The summed E-state index contributed by atoms with van der Waals surface area (Å²) >= 11 is 6.35. The van der Waals surface area contributed by atoms with Crippen LogP contribution in [0.3, 0.4) is 0 Å². The van der Waals surface area contributed by atoms with Gasteiger partial charge in [-0.15, -0.1) is 0 Å². The highest BCUT2D eigenvalue weighted by Gasteiger charge is 2.06. The summed E-state index contributed by atoms with van der Waals surface area (Å²) in [5.74, 6) is 0.720. The third kappa shape index (κ3) is 6.12. The molecule has 0 amide bonds. The lowest BCUT2D eigenvalue weighted by molar-refractivity contribution is 0.199. The molecule has 0 saturated carbocycles. The molecular weight excluding hydrogens is 272 g/mol. The van der Waals surface area contributed by atoms with Crippen molar-refractivity contribution in [1.29, 1.82) is 0 Å². The summed E-state index contributed by atoms with van der Waals surface area (Å²) in [7, 11) is 3.82. The van der Waals surface area contributed by atoms with E-state index in [1.165, 1.54) is 12.1 Å². The van der Waals surface area contributed by atoms with Crippen molar-refractivity contribution in [1.82, 2.24) is 5.32 Å². The third-order valence-corrected chi connectivity index (χ3v) is 3.67. The van der Waals surface area contributed by atoms with E-state index < -0.39 is 0 Å². The van der Waals surface area contributed by atoms with Gasteiger partial charge in [0, 0.05) is 44.5 Å². The molecule has 0 spiro atoms. The molecular formula is C16H27ClN2O. The van der Waals surface area contributed by atoms with E-state index in [1.54, 1.807) is 7.11 Å². The second-order valence-corrected chi connectivity index (χ2v) is 5.96. The van der Waals surface area contributed by atoms with E-state index in [1.807, 2.05) is 0 Å². The SMILES string of the molecule is COCCNCc1ccc(N(C)CCC(C)C)cc1Cl. The van der Waals surface area contributed by atoms with Crippen LogP contribution in [0.15, 0.2) is 18.2 Å². The predicted molar refractivity (Wildman–Crippen MR) is 87.8 cm³/mol. The normalized spacial score (nSPS) is 11.1. The Kier molecular flexibility index (Phi) is 7.97. The standard InChI is InChI=1S/C16H27ClN2O/c1-13(2)7-9-19(3)15-6-5-14(16(17)11-15)12-18-8-10-20-4/h5-6,11,13,18H,7-10,12H2,1-4H3. The number of hydrogen-bond acceptors (Lipinski definition) is 3. The Morgan fingerprint density at radius 1 is 1.35 bits per heavy atom. The molecule has 1 rings (SSSR count). The first kappa shape index (κ1) is 17.3. The first-order chi connectivity index (χ1) is 9.54. The number of anilines is 1. The fourth-order valence-corrected chi connectivity index (χ4v) is 2.14. The summed E-state index contributed by atoms with van der Waals surface area (Å²) in [5.41, 5.74) is 2.31. The maximum Gasteiger partial charge on any atom is 0.0587 e. The lowest BCUT2D eigenvalue weighted by Crippen LogP contribution is -2.21. The summed E-state index contributed by atoms with van der Waals surface area (Å²) < 4.78 is 5.00. The molecule has 0 saturated heterocycles. The minimum atomic E-state index is 0.716. The summed E-state index contributed by atoms with van der Waals surface area (Å²) in [6, 6.07) is 6.29. The van der Waals surface area contributed by atoms with Gasteiger partial charge in [-0.25, -0.2) is 0 Å². The van der Waals surface area contributed by atoms with Gasteiger partial charge < -0.3 is 15.0 Å². The Morgan fingerprint density at radius 3 is 2.70 bits per heavy atom. The van der Waals surface area contributed by atoms with Crippen molar-refractivity contribution in [3.8, 4) is 0 Å². The zero-order chi connectivity index (χ0) is 15.0. The molecule has 1 aromatic carbocycles. The minimum Gasteiger partial charge on any atom is -0.383 e. The van der Waals surface area contributed by atoms with E-state index in [-0.39, 0.29) is 0 Å². The molecule has 0 bridgehead atoms. The quantitative estimate of drug-likeness (QED) is 0.706. The van der Waals surface area contributed by atoms with Crippen molar-refractivity contribution in [2.24, 2.45) is 5.92 Å². The van der Waals surface area contributed by atoms with Gasteiger partial charge >= 0.3 is 0 Å². The van der Waals surface area contributed by atoms with Gasteiger partial charge in [0.1, 0.15) is 0 Å². The van der Waals surface area contributed by atoms with Crippen molar-refractivity contribution < 1.29 is 4.74 Å². The molecule has 0 atom stereocenters. The van der Waals surface area contributed by atoms with Crippen LogP contribution in [0.25, 0.3) is 0 Å². The average molecular weight is 299 g/mol. The number of rotatable bonds is 9. The van der Waals surface area contributed by atoms with Gasteiger partial charge in [0.2, 0.25) is 0 Å². The first-order valence-corrected chi connectivity index (χ1v) is 7.61. The minimum absolute atomic E-state index is 0.716. The molecule has 0 radical (unpaired) electrons. The number of ether oxygens (including phenoxy) is 1. The summed E-state index contributed by atoms with van der Waals surface area (Å²) in [4.78, 5) is 2.26. The Hall–Kier alpha value is -0.770. The van der Waals surface area contributed by atoms with Gasteiger partial charge in [-0.1, -0.05) is 31.5 Å². The van der Waals surface area contributed by atoms with Crippen molar-refractivity contribution in [2.45, 2.75) is 26.8 Å². The van der Waals surface area contributed by atoms with Crippen LogP contribution < -0.4 is 10.2 Å². The van der Waals surface area contributed by atoms with Crippen molar-refractivity contribution in [2.75, 3.05) is 38.8 Å². The third-order valence-electron chi connectivity index (χ3n) is 3.32. The molecule has 0 aliphatic heterocycles. The van der Waals surface area contributed by atoms with Crippen molar-refractivity contribution >= 4 is 17.3 Å². The highest BCUT2D eigenvalue weighted by atomic mass is 35.5. The molecule has 4 heteroatoms. The molecule has 20 heavy (non-hydrogen) atoms. The largest absolute Gasteiger partial charge is 0.383 e. The fourth-order valence-electron chi connectivity index (χ4n) is 1.90. The van der Waals surface area contributed by atoms with Gasteiger partial charge in [-0.3, -0.25) is 0 Å². The van der Waals surface area contributed by atoms with Gasteiger partial charge in [-0.2, -0.15) is 0 Å². The molecule has 1 aromatic rings. The predicted octanol–water partition coefficient (Wildman–Crippen LogP) is 3.56. The molecule has 3 nitrogen and oxygen atoms in total. The Labute approximate surface area is 128 Å². The van der Waals surface area contributed by atoms with Gasteiger partial charge in [0.15, 0.2) is 0 Å². The van der Waals surface area contributed by atoms with Crippen LogP contribution in [-0.2, 0) is 11.3 Å². The molecule has 0 aliphatic carbocycles. The van der Waals surface area contributed by atoms with Crippen LogP contribution in [0.2, 0.25) is 5.02 Å². The number of halogens is 1. The Balaban J connectivity index is 2.53. The number of hydrogen-bond donors (Lipinski definition) is 1. The summed E-state index contributed by atoms with van der Waals surface area (Å²) in [5, 5.41) is 4.13. The van der Waals surface area contributed by atoms with Crippen LogP contribution in [0.4, 0.5) is 5.69 Å². The molecule has 0 heterocycles. The molecule has 0 aromatic heterocycles. The number of nitrogens with one attached hydrogen (secondary N) is 1.